The monoisotopic (exact) mass is 271 g/mol. The van der Waals surface area contributed by atoms with Gasteiger partial charge in [0.1, 0.15) is 16.4 Å². The molecule has 0 saturated heterocycles. The minimum atomic E-state index is -3.82. The van der Waals surface area contributed by atoms with Gasteiger partial charge in [-0.3, -0.25) is 0 Å². The molecule has 0 bridgehead atoms. The second-order valence-electron chi connectivity index (χ2n) is 4.64. The highest BCUT2D eigenvalue weighted by atomic mass is 32.2. The maximum absolute atomic E-state index is 11.5. The third kappa shape index (κ3) is 3.36. The summed E-state index contributed by atoms with van der Waals surface area (Å²) in [4.78, 5) is -0.0330. The van der Waals surface area contributed by atoms with Crippen molar-refractivity contribution in [1.29, 1.82) is 0 Å². The molecule has 1 aromatic rings. The number of rotatable bonds is 5. The maximum Gasteiger partial charge on any atom is 0.241 e. The number of hydrogen-bond donors (Lipinski definition) is 1. The summed E-state index contributed by atoms with van der Waals surface area (Å²) in [6, 6.07) is 4.70. The van der Waals surface area contributed by atoms with Crippen LogP contribution in [-0.2, 0) is 10.0 Å². The molecule has 2 N–H and O–H groups in total. The summed E-state index contributed by atoms with van der Waals surface area (Å²) in [5.41, 5.74) is 0. The molecule has 5 nitrogen and oxygen atoms in total. The molecule has 2 rings (SSSR count). The molecular formula is C12H17NO4S. The summed E-state index contributed by atoms with van der Waals surface area (Å²) >= 11 is 0. The fourth-order valence-corrected chi connectivity index (χ4v) is 2.19. The van der Waals surface area contributed by atoms with Gasteiger partial charge in [-0.15, -0.1) is 0 Å². The molecule has 0 aromatic heterocycles. The first-order valence-corrected chi connectivity index (χ1v) is 7.41. The number of ether oxygens (including phenoxy) is 2. The second kappa shape index (κ2) is 4.78. The molecule has 1 aromatic carbocycles. The number of benzene rings is 1. The molecule has 0 amide bonds. The van der Waals surface area contributed by atoms with Crippen LogP contribution < -0.4 is 14.6 Å². The highest BCUT2D eigenvalue weighted by Crippen LogP contribution is 2.32. The predicted octanol–water partition coefficient (Wildman–Crippen LogP) is 1.66. The Hall–Kier alpha value is -1.27. The largest absolute Gasteiger partial charge is 0.490 e. The van der Waals surface area contributed by atoms with Crippen LogP contribution in [0.1, 0.15) is 26.7 Å². The summed E-state index contributed by atoms with van der Waals surface area (Å²) in [6.45, 7) is 3.64. The fraction of sp³-hybridized carbons (Fsp3) is 0.500. The first-order chi connectivity index (χ1) is 8.36. The van der Waals surface area contributed by atoms with E-state index >= 15 is 0 Å². The molecule has 1 aliphatic rings. The Kier molecular flexibility index (Phi) is 3.49. The van der Waals surface area contributed by atoms with Crippen molar-refractivity contribution in [2.45, 2.75) is 43.8 Å². The van der Waals surface area contributed by atoms with Gasteiger partial charge < -0.3 is 9.47 Å². The quantitative estimate of drug-likeness (QED) is 0.883. The molecule has 0 heterocycles. The van der Waals surface area contributed by atoms with Gasteiger partial charge in [0.15, 0.2) is 0 Å². The lowest BCUT2D eigenvalue weighted by Crippen LogP contribution is -2.16. The minimum absolute atomic E-state index is 0.0330. The molecule has 0 spiro atoms. The number of hydrogen-bond acceptors (Lipinski definition) is 4. The molecule has 1 aliphatic carbocycles. The van der Waals surface area contributed by atoms with Gasteiger partial charge in [-0.05, 0) is 38.8 Å². The normalized spacial score (nSPS) is 15.8. The van der Waals surface area contributed by atoms with Crippen molar-refractivity contribution in [1.82, 2.24) is 0 Å². The lowest BCUT2D eigenvalue weighted by Gasteiger charge is -2.14. The Morgan fingerprint density at radius 1 is 1.33 bits per heavy atom. The van der Waals surface area contributed by atoms with Gasteiger partial charge in [0.25, 0.3) is 0 Å². The molecule has 6 heteroatoms. The van der Waals surface area contributed by atoms with Gasteiger partial charge in [0, 0.05) is 6.07 Å². The van der Waals surface area contributed by atoms with E-state index in [2.05, 4.69) is 0 Å². The van der Waals surface area contributed by atoms with Gasteiger partial charge in [0.2, 0.25) is 10.0 Å². The first kappa shape index (κ1) is 13.2. The van der Waals surface area contributed by atoms with E-state index in [1.807, 2.05) is 13.8 Å². The summed E-state index contributed by atoms with van der Waals surface area (Å²) < 4.78 is 34.0. The van der Waals surface area contributed by atoms with Crippen molar-refractivity contribution >= 4 is 10.0 Å². The van der Waals surface area contributed by atoms with Crippen LogP contribution in [0.25, 0.3) is 0 Å². The van der Waals surface area contributed by atoms with Crippen molar-refractivity contribution < 1.29 is 17.9 Å². The van der Waals surface area contributed by atoms with E-state index in [-0.39, 0.29) is 22.9 Å². The Bertz CT molecular complexity index is 535. The van der Waals surface area contributed by atoms with E-state index < -0.39 is 10.0 Å². The summed E-state index contributed by atoms with van der Waals surface area (Å²) in [6.07, 6.45) is 2.10. The van der Waals surface area contributed by atoms with Crippen molar-refractivity contribution in [3.05, 3.63) is 18.2 Å². The van der Waals surface area contributed by atoms with Crippen LogP contribution in [0.5, 0.6) is 11.5 Å². The van der Waals surface area contributed by atoms with Crippen LogP contribution in [0.15, 0.2) is 23.1 Å². The third-order valence-corrected chi connectivity index (χ3v) is 3.34. The van der Waals surface area contributed by atoms with Crippen molar-refractivity contribution in [3.8, 4) is 11.5 Å². The zero-order chi connectivity index (χ0) is 13.3. The SMILES string of the molecule is CC(C)Oc1ccc(OC2CC2)cc1S(N)(=O)=O. The Balaban J connectivity index is 2.34. The van der Waals surface area contributed by atoms with E-state index in [0.29, 0.717) is 5.75 Å². The lowest BCUT2D eigenvalue weighted by molar-refractivity contribution is 0.234. The molecule has 0 aliphatic heterocycles. The number of nitrogens with two attached hydrogens (primary N) is 1. The minimum Gasteiger partial charge on any atom is -0.490 e. The number of primary sulfonamides is 1. The molecule has 100 valence electrons. The second-order valence-corrected chi connectivity index (χ2v) is 6.17. The molecule has 18 heavy (non-hydrogen) atoms. The van der Waals surface area contributed by atoms with Gasteiger partial charge in [-0.1, -0.05) is 0 Å². The highest BCUT2D eigenvalue weighted by Gasteiger charge is 2.25. The Morgan fingerprint density at radius 2 is 2.00 bits per heavy atom. The van der Waals surface area contributed by atoms with E-state index in [1.165, 1.54) is 6.07 Å². The standard InChI is InChI=1S/C12H17NO4S/c1-8(2)16-11-6-5-10(17-9-3-4-9)7-12(11)18(13,14)15/h5-9H,3-4H2,1-2H3,(H2,13,14,15). The summed E-state index contributed by atoms with van der Waals surface area (Å²) in [5.74, 6) is 0.772. The van der Waals surface area contributed by atoms with Crippen LogP contribution >= 0.6 is 0 Å². The van der Waals surface area contributed by atoms with E-state index in [0.717, 1.165) is 12.8 Å². The topological polar surface area (TPSA) is 78.6 Å². The number of sulfonamides is 1. The molecule has 1 fully saturated rings. The van der Waals surface area contributed by atoms with Gasteiger partial charge >= 0.3 is 0 Å². The van der Waals surface area contributed by atoms with E-state index in [9.17, 15) is 8.42 Å². The van der Waals surface area contributed by atoms with Gasteiger partial charge in [0.05, 0.1) is 12.2 Å². The van der Waals surface area contributed by atoms with Crippen molar-refractivity contribution in [2.75, 3.05) is 0 Å². The van der Waals surface area contributed by atoms with E-state index in [4.69, 9.17) is 14.6 Å². The van der Waals surface area contributed by atoms with Crippen LogP contribution in [0.2, 0.25) is 0 Å². The maximum atomic E-state index is 11.5. The molecular weight excluding hydrogens is 254 g/mol. The smallest absolute Gasteiger partial charge is 0.241 e. The average Bonchev–Trinajstić information content (AvgIpc) is 3.02. The van der Waals surface area contributed by atoms with Crippen molar-refractivity contribution in [3.63, 3.8) is 0 Å². The van der Waals surface area contributed by atoms with Crippen molar-refractivity contribution in [2.24, 2.45) is 5.14 Å². The molecule has 0 radical (unpaired) electrons. The van der Waals surface area contributed by atoms with E-state index in [1.54, 1.807) is 12.1 Å². The van der Waals surface area contributed by atoms with Gasteiger partial charge in [-0.25, -0.2) is 13.6 Å². The summed E-state index contributed by atoms with van der Waals surface area (Å²) in [5, 5.41) is 5.19. The van der Waals surface area contributed by atoms with Gasteiger partial charge in [-0.2, -0.15) is 0 Å². The predicted molar refractivity (Wildman–Crippen MR) is 67.2 cm³/mol. The van der Waals surface area contributed by atoms with Crippen LogP contribution in [0.4, 0.5) is 0 Å². The highest BCUT2D eigenvalue weighted by molar-refractivity contribution is 7.89. The van der Waals surface area contributed by atoms with Crippen LogP contribution in [0.3, 0.4) is 0 Å². The van der Waals surface area contributed by atoms with Crippen LogP contribution in [0, 0.1) is 0 Å². The zero-order valence-electron chi connectivity index (χ0n) is 10.4. The summed E-state index contributed by atoms with van der Waals surface area (Å²) in [7, 11) is -3.82. The molecule has 1 saturated carbocycles. The molecule has 0 atom stereocenters. The first-order valence-electron chi connectivity index (χ1n) is 5.86. The van der Waals surface area contributed by atoms with Crippen LogP contribution in [-0.4, -0.2) is 20.6 Å². The molecule has 0 unspecified atom stereocenters. The fourth-order valence-electron chi connectivity index (χ4n) is 1.51. The zero-order valence-corrected chi connectivity index (χ0v) is 11.2. The third-order valence-electron chi connectivity index (χ3n) is 2.41. The Morgan fingerprint density at radius 3 is 2.50 bits per heavy atom. The Labute approximate surface area is 107 Å². The average molecular weight is 271 g/mol. The lowest BCUT2D eigenvalue weighted by atomic mass is 10.3.